The van der Waals surface area contributed by atoms with Crippen molar-refractivity contribution in [2.75, 3.05) is 0 Å². The molecule has 0 aliphatic carbocycles. The Morgan fingerprint density at radius 2 is 0.456 bits per heavy atom. The monoisotopic (exact) mass is 1170 g/mol. The molecule has 448 valence electrons. The first-order valence-corrected chi connectivity index (χ1v) is 32.8. The summed E-state index contributed by atoms with van der Waals surface area (Å²) in [6.07, 6.45) is 2.29. The van der Waals surface area contributed by atoms with Gasteiger partial charge < -0.3 is 39.3 Å². The Morgan fingerprint density at radius 1 is 0.316 bits per heavy atom. The fourth-order valence-electron chi connectivity index (χ4n) is 11.9. The molecule has 0 heterocycles. The van der Waals surface area contributed by atoms with Gasteiger partial charge in [0.15, 0.2) is 0 Å². The summed E-state index contributed by atoms with van der Waals surface area (Å²) in [5.41, 5.74) is 10.6. The molecule has 0 radical (unpaired) electrons. The fourth-order valence-corrected chi connectivity index (χ4v) is 15.3. The van der Waals surface area contributed by atoms with E-state index in [4.69, 9.17) is 0 Å². The molecule has 0 aromatic heterocycles. The Balaban J connectivity index is 0.000000533. The smallest absolute Gasteiger partial charge is 0.799 e. The van der Waals surface area contributed by atoms with E-state index in [2.05, 4.69) is 83.1 Å². The van der Waals surface area contributed by atoms with Crippen LogP contribution < -0.4 is 9.79 Å². The molecule has 4 N–H and O–H groups in total. The zero-order valence-electron chi connectivity index (χ0n) is 54.6. The van der Waals surface area contributed by atoms with Crippen LogP contribution >= 0.6 is 14.7 Å². The van der Waals surface area contributed by atoms with E-state index in [0.29, 0.717) is 25.7 Å². The van der Waals surface area contributed by atoms with Crippen molar-refractivity contribution in [2.24, 2.45) is 0 Å². The Hall–Kier alpha value is -3.05. The van der Waals surface area contributed by atoms with Crippen LogP contribution in [0.5, 0.6) is 23.0 Å². The predicted octanol–water partition coefficient (Wildman–Crippen LogP) is 17.5. The van der Waals surface area contributed by atoms with Crippen LogP contribution in [0.25, 0.3) is 0 Å². The van der Waals surface area contributed by atoms with Crippen molar-refractivity contribution in [3.8, 4) is 23.0 Å². The van der Waals surface area contributed by atoms with Gasteiger partial charge in [0.25, 0.3) is 0 Å². The first-order valence-electron chi connectivity index (χ1n) is 28.9. The number of phenolic OH excluding ortho intramolecular Hbond substituents is 4. The number of hydrogen-bond donors (Lipinski definition) is 4. The molecule has 4 rings (SSSR count). The Kier molecular flexibility index (Phi) is 22.5. The van der Waals surface area contributed by atoms with E-state index in [9.17, 15) is 39.3 Å². The summed E-state index contributed by atoms with van der Waals surface area (Å²) in [6.45, 7) is 57.5. The Bertz CT molecular complexity index is 2530. The van der Waals surface area contributed by atoms with E-state index in [1.54, 1.807) is 0 Å². The number of phenols is 4. The predicted molar refractivity (Wildman–Crippen MR) is 330 cm³/mol. The SMILES string of the molecule is CCc1c(CP(=O)([O-])Cc2cc(C(C)(C)C)c(O)c(C(C)(C)C)c2CC)cc(C(C)(C)C)c(O)c1C(C)(C)C.CCc1c(CP(=O)([O-])Cc2cc(C(C)(C)C)c(O)c(C(C)(C)C)c2CC)cc(C(C)(C)C)c(O)c1C(C)(C)C.[Ni+2]. The number of hydrogen-bond acceptors (Lipinski definition) is 8. The fraction of sp³-hybridized carbons (Fsp3) is 0.647. The Morgan fingerprint density at radius 3 is 0.557 bits per heavy atom. The van der Waals surface area contributed by atoms with Crippen molar-refractivity contribution < 1.29 is 55.8 Å². The van der Waals surface area contributed by atoms with Gasteiger partial charge in [0.1, 0.15) is 23.0 Å². The maximum absolute atomic E-state index is 14.0. The second kappa shape index (κ2) is 24.7. The van der Waals surface area contributed by atoms with Crippen LogP contribution in [0.3, 0.4) is 0 Å². The molecular weight excluding hydrogens is 1070 g/mol. The average molecular weight is 1170 g/mol. The molecule has 8 nitrogen and oxygen atoms in total. The standard InChI is InChI=1S/2C34H55O4P.Ni/c2*1-15-23-21(17-25(31(3,4)5)29(35)27(23)33(9,10)11)19-39(37,38)20-22-18-26(32(6,7)8)30(36)28(24(22)16-2)34(12,13)14;/h2*17-18,35-36H,15-16,19-20H2,1-14H3,(H,37,38);/q;;+2/p-2. The van der Waals surface area contributed by atoms with Crippen LogP contribution in [0.1, 0.15) is 283 Å². The molecule has 0 saturated heterocycles. The van der Waals surface area contributed by atoms with E-state index >= 15 is 0 Å². The maximum atomic E-state index is 14.0. The maximum Gasteiger partial charge on any atom is 2.00 e. The van der Waals surface area contributed by atoms with Crippen molar-refractivity contribution in [1.29, 1.82) is 0 Å². The van der Waals surface area contributed by atoms with Gasteiger partial charge in [0, 0.05) is 61.6 Å². The molecule has 4 aromatic rings. The quantitative estimate of drug-likeness (QED) is 0.0805. The molecule has 0 aliphatic rings. The molecule has 79 heavy (non-hydrogen) atoms. The van der Waals surface area contributed by atoms with E-state index in [-0.39, 0.29) is 107 Å². The summed E-state index contributed by atoms with van der Waals surface area (Å²) >= 11 is 0. The van der Waals surface area contributed by atoms with Crippen molar-refractivity contribution in [2.45, 2.75) is 288 Å². The van der Waals surface area contributed by atoms with Crippen molar-refractivity contribution in [3.05, 3.63) is 113 Å². The van der Waals surface area contributed by atoms with E-state index in [0.717, 1.165) is 89.0 Å². The largest absolute Gasteiger partial charge is 2.00 e. The topological polar surface area (TPSA) is 161 Å². The van der Waals surface area contributed by atoms with Crippen LogP contribution in [-0.2, 0) is 119 Å². The molecule has 0 saturated carbocycles. The van der Waals surface area contributed by atoms with Gasteiger partial charge in [0.2, 0.25) is 0 Å². The van der Waals surface area contributed by atoms with Crippen molar-refractivity contribution in [1.82, 2.24) is 0 Å². The second-order valence-corrected chi connectivity index (χ2v) is 35.3. The molecule has 4 aromatic carbocycles. The van der Waals surface area contributed by atoms with Gasteiger partial charge in [-0.1, -0.05) is 218 Å². The minimum atomic E-state index is -3.95. The minimum absolute atomic E-state index is 0. The third-order valence-corrected chi connectivity index (χ3v) is 18.6. The van der Waals surface area contributed by atoms with Crippen molar-refractivity contribution >= 4 is 14.7 Å². The van der Waals surface area contributed by atoms with Gasteiger partial charge in [-0.15, -0.1) is 0 Å². The van der Waals surface area contributed by atoms with Gasteiger partial charge in [-0.25, -0.2) is 0 Å². The molecular formula is C68H108NiO8P2. The van der Waals surface area contributed by atoms with Crippen LogP contribution in [0, 0.1) is 0 Å². The van der Waals surface area contributed by atoms with Gasteiger partial charge in [-0.3, -0.25) is 0 Å². The zero-order chi connectivity index (χ0) is 61.0. The molecule has 0 unspecified atom stereocenters. The van der Waals surface area contributed by atoms with Crippen molar-refractivity contribution in [3.63, 3.8) is 0 Å². The third-order valence-electron chi connectivity index (χ3n) is 15.3. The summed E-state index contributed by atoms with van der Waals surface area (Å²) in [5.74, 6) is 1.14. The van der Waals surface area contributed by atoms with Crippen LogP contribution in [-0.4, -0.2) is 20.4 Å². The summed E-state index contributed by atoms with van der Waals surface area (Å²) in [5, 5.41) is 45.5. The molecule has 0 atom stereocenters. The molecule has 0 bridgehead atoms. The second-order valence-electron chi connectivity index (χ2n) is 30.8. The first-order chi connectivity index (χ1) is 34.7. The van der Waals surface area contributed by atoms with Crippen LogP contribution in [0.2, 0.25) is 0 Å². The number of benzene rings is 4. The van der Waals surface area contributed by atoms with Gasteiger partial charge >= 0.3 is 16.5 Å². The number of rotatable bonds is 12. The summed E-state index contributed by atoms with van der Waals surface area (Å²) in [7, 11) is -7.90. The summed E-state index contributed by atoms with van der Waals surface area (Å²) in [6, 6.07) is 7.69. The van der Waals surface area contributed by atoms with Crippen LogP contribution in [0.15, 0.2) is 24.3 Å². The molecule has 0 spiro atoms. The first kappa shape index (κ1) is 72.1. The minimum Gasteiger partial charge on any atom is -0.799 e. The van der Waals surface area contributed by atoms with Crippen LogP contribution in [0.4, 0.5) is 0 Å². The summed E-state index contributed by atoms with van der Waals surface area (Å²) < 4.78 is 28.0. The van der Waals surface area contributed by atoms with E-state index in [1.807, 2.05) is 135 Å². The molecule has 0 amide bonds. The number of aromatic hydroxyl groups is 4. The average Bonchev–Trinajstić information content (AvgIpc) is 3.21. The normalized spacial score (nSPS) is 13.5. The molecule has 0 aliphatic heterocycles. The summed E-state index contributed by atoms with van der Waals surface area (Å²) in [4.78, 5) is 28.0. The Labute approximate surface area is 491 Å². The van der Waals surface area contributed by atoms with Gasteiger partial charge in [-0.05, 0) is 136 Å². The van der Waals surface area contributed by atoms with Gasteiger partial charge in [-0.2, -0.15) is 0 Å². The molecule has 0 fully saturated rings. The molecule has 11 heteroatoms. The van der Waals surface area contributed by atoms with E-state index < -0.39 is 14.7 Å². The zero-order valence-corrected chi connectivity index (χ0v) is 57.4. The van der Waals surface area contributed by atoms with E-state index in [1.165, 1.54) is 0 Å². The van der Waals surface area contributed by atoms with Gasteiger partial charge in [0.05, 0.1) is 0 Å². The third kappa shape index (κ3) is 17.1.